The van der Waals surface area contributed by atoms with Crippen LogP contribution in [0.1, 0.15) is 23.6 Å². The van der Waals surface area contributed by atoms with Gasteiger partial charge in [-0.25, -0.2) is 8.42 Å². The molecule has 0 bridgehead atoms. The average Bonchev–Trinajstić information content (AvgIpc) is 2.86. The summed E-state index contributed by atoms with van der Waals surface area (Å²) in [5, 5.41) is 2.57. The summed E-state index contributed by atoms with van der Waals surface area (Å²) in [6, 6.07) is 21.9. The van der Waals surface area contributed by atoms with Gasteiger partial charge in [0.25, 0.3) is 10.0 Å². The lowest BCUT2D eigenvalue weighted by Gasteiger charge is -2.31. The highest BCUT2D eigenvalue weighted by Gasteiger charge is 2.32. The van der Waals surface area contributed by atoms with Gasteiger partial charge in [-0.2, -0.15) is 0 Å². The molecule has 8 heteroatoms. The van der Waals surface area contributed by atoms with Gasteiger partial charge >= 0.3 is 0 Å². The summed E-state index contributed by atoms with van der Waals surface area (Å²) < 4.78 is 28.5. The summed E-state index contributed by atoms with van der Waals surface area (Å²) in [6.45, 7) is 5.12. The van der Waals surface area contributed by atoms with Crippen molar-refractivity contribution in [2.75, 3.05) is 17.9 Å². The van der Waals surface area contributed by atoms with E-state index in [1.165, 1.54) is 24.1 Å². The molecular formula is C27H31N3O4S. The van der Waals surface area contributed by atoms with Crippen LogP contribution in [-0.2, 0) is 26.2 Å². The summed E-state index contributed by atoms with van der Waals surface area (Å²) in [6.07, 6.45) is 0. The molecule has 0 saturated carbocycles. The Labute approximate surface area is 207 Å². The van der Waals surface area contributed by atoms with E-state index in [1.54, 1.807) is 43.3 Å². The number of aryl methyl sites for hydroxylation is 2. The van der Waals surface area contributed by atoms with E-state index in [0.717, 1.165) is 21.0 Å². The second-order valence-corrected chi connectivity index (χ2v) is 10.3. The number of carbonyl (C=O) groups is 2. The van der Waals surface area contributed by atoms with Gasteiger partial charge in [-0.05, 0) is 50.6 Å². The number of sulfonamides is 1. The van der Waals surface area contributed by atoms with Crippen molar-refractivity contribution in [2.45, 2.75) is 38.3 Å². The standard InChI is InChI=1S/C27H31N3O4S/c1-20-10-14-24(15-11-20)30(35(33,34)25-16-12-21(2)13-17-25)19-26(31)29(22(3)27(32)28-4)18-23-8-6-5-7-9-23/h5-17,22H,18-19H2,1-4H3,(H,28,32). The Morgan fingerprint density at radius 2 is 1.40 bits per heavy atom. The molecule has 0 aliphatic carbocycles. The molecule has 35 heavy (non-hydrogen) atoms. The van der Waals surface area contributed by atoms with Crippen molar-refractivity contribution in [3.05, 3.63) is 95.6 Å². The number of anilines is 1. The smallest absolute Gasteiger partial charge is 0.264 e. The SMILES string of the molecule is CNC(=O)C(C)N(Cc1ccccc1)C(=O)CN(c1ccc(C)cc1)S(=O)(=O)c1ccc(C)cc1. The zero-order valence-corrected chi connectivity index (χ0v) is 21.2. The number of likely N-dealkylation sites (N-methyl/N-ethyl adjacent to an activating group) is 1. The number of benzene rings is 3. The number of rotatable bonds is 9. The van der Waals surface area contributed by atoms with Crippen LogP contribution in [0.15, 0.2) is 83.8 Å². The third-order valence-corrected chi connectivity index (χ3v) is 7.61. The van der Waals surface area contributed by atoms with Gasteiger partial charge in [-0.3, -0.25) is 13.9 Å². The number of nitrogens with one attached hydrogen (secondary N) is 1. The van der Waals surface area contributed by atoms with Gasteiger partial charge in [0.15, 0.2) is 0 Å². The molecule has 0 spiro atoms. The second-order valence-electron chi connectivity index (χ2n) is 8.46. The second kappa shape index (κ2) is 11.2. The number of amides is 2. The zero-order chi connectivity index (χ0) is 25.6. The van der Waals surface area contributed by atoms with Gasteiger partial charge in [0, 0.05) is 13.6 Å². The summed E-state index contributed by atoms with van der Waals surface area (Å²) in [7, 11) is -2.55. The van der Waals surface area contributed by atoms with Crippen LogP contribution >= 0.6 is 0 Å². The van der Waals surface area contributed by atoms with Crippen LogP contribution in [-0.4, -0.2) is 44.8 Å². The predicted octanol–water partition coefficient (Wildman–Crippen LogP) is 3.66. The summed E-state index contributed by atoms with van der Waals surface area (Å²) in [4.78, 5) is 27.6. The summed E-state index contributed by atoms with van der Waals surface area (Å²) >= 11 is 0. The lowest BCUT2D eigenvalue weighted by molar-refractivity contribution is -0.139. The van der Waals surface area contributed by atoms with Gasteiger partial charge in [0.1, 0.15) is 12.6 Å². The molecular weight excluding hydrogens is 462 g/mol. The van der Waals surface area contributed by atoms with Gasteiger partial charge in [0.05, 0.1) is 10.6 Å². The molecule has 1 unspecified atom stereocenters. The molecule has 1 atom stereocenters. The minimum Gasteiger partial charge on any atom is -0.357 e. The van der Waals surface area contributed by atoms with Gasteiger partial charge in [-0.1, -0.05) is 65.7 Å². The highest BCUT2D eigenvalue weighted by molar-refractivity contribution is 7.92. The lowest BCUT2D eigenvalue weighted by Crippen LogP contribution is -2.50. The molecule has 3 aromatic carbocycles. The molecule has 184 valence electrons. The van der Waals surface area contributed by atoms with E-state index < -0.39 is 28.5 Å². The minimum atomic E-state index is -4.05. The van der Waals surface area contributed by atoms with Crippen molar-refractivity contribution in [1.82, 2.24) is 10.2 Å². The third-order valence-electron chi connectivity index (χ3n) is 5.82. The molecule has 3 rings (SSSR count). The van der Waals surface area contributed by atoms with Gasteiger partial charge < -0.3 is 10.2 Å². The maximum Gasteiger partial charge on any atom is 0.264 e. The van der Waals surface area contributed by atoms with Crippen molar-refractivity contribution in [1.29, 1.82) is 0 Å². The van der Waals surface area contributed by atoms with Gasteiger partial charge in [-0.15, -0.1) is 0 Å². The van der Waals surface area contributed by atoms with E-state index in [-0.39, 0.29) is 17.3 Å². The average molecular weight is 494 g/mol. The first kappa shape index (κ1) is 26.0. The molecule has 0 radical (unpaired) electrons. The Kier molecular flexibility index (Phi) is 8.30. The lowest BCUT2D eigenvalue weighted by atomic mass is 10.1. The largest absolute Gasteiger partial charge is 0.357 e. The zero-order valence-electron chi connectivity index (χ0n) is 20.4. The van der Waals surface area contributed by atoms with Crippen molar-refractivity contribution >= 4 is 27.5 Å². The Hall–Kier alpha value is -3.65. The first-order valence-electron chi connectivity index (χ1n) is 11.3. The minimum absolute atomic E-state index is 0.0884. The number of nitrogens with zero attached hydrogens (tertiary/aromatic N) is 2. The topological polar surface area (TPSA) is 86.8 Å². The molecule has 0 heterocycles. The number of carbonyl (C=O) groups excluding carboxylic acids is 2. The molecule has 0 aromatic heterocycles. The first-order chi connectivity index (χ1) is 16.6. The fourth-order valence-corrected chi connectivity index (χ4v) is 5.06. The molecule has 2 amide bonds. The Balaban J connectivity index is 2.01. The maximum atomic E-state index is 13.7. The van der Waals surface area contributed by atoms with Crippen LogP contribution in [0.5, 0.6) is 0 Å². The fourth-order valence-electron chi connectivity index (χ4n) is 3.65. The normalized spacial score (nSPS) is 12.0. The molecule has 0 aliphatic rings. The number of hydrogen-bond donors (Lipinski definition) is 1. The van der Waals surface area contributed by atoms with Crippen LogP contribution in [0.25, 0.3) is 0 Å². The van der Waals surface area contributed by atoms with E-state index in [2.05, 4.69) is 5.32 Å². The summed E-state index contributed by atoms with van der Waals surface area (Å²) in [5.74, 6) is -0.821. The first-order valence-corrected chi connectivity index (χ1v) is 12.8. The van der Waals surface area contributed by atoms with Crippen LogP contribution in [0.2, 0.25) is 0 Å². The Morgan fingerprint density at radius 3 is 1.94 bits per heavy atom. The highest BCUT2D eigenvalue weighted by atomic mass is 32.2. The van der Waals surface area contributed by atoms with Crippen molar-refractivity contribution in [2.24, 2.45) is 0 Å². The molecule has 0 saturated heterocycles. The predicted molar refractivity (Wildman–Crippen MR) is 137 cm³/mol. The summed E-state index contributed by atoms with van der Waals surface area (Å²) in [5.41, 5.74) is 3.10. The Morgan fingerprint density at radius 1 is 0.857 bits per heavy atom. The highest BCUT2D eigenvalue weighted by Crippen LogP contribution is 2.25. The van der Waals surface area contributed by atoms with E-state index in [1.807, 2.05) is 44.2 Å². The van der Waals surface area contributed by atoms with E-state index in [0.29, 0.717) is 5.69 Å². The van der Waals surface area contributed by atoms with Gasteiger partial charge in [0.2, 0.25) is 11.8 Å². The maximum absolute atomic E-state index is 13.7. The number of hydrogen-bond acceptors (Lipinski definition) is 4. The van der Waals surface area contributed by atoms with Crippen LogP contribution in [0, 0.1) is 13.8 Å². The molecule has 1 N–H and O–H groups in total. The van der Waals surface area contributed by atoms with E-state index in [4.69, 9.17) is 0 Å². The Bertz CT molecular complexity index is 1260. The third kappa shape index (κ3) is 6.27. The molecule has 3 aromatic rings. The van der Waals surface area contributed by atoms with E-state index >= 15 is 0 Å². The molecule has 0 fully saturated rings. The molecule has 0 aliphatic heterocycles. The van der Waals surface area contributed by atoms with Crippen LogP contribution in [0.4, 0.5) is 5.69 Å². The molecule has 7 nitrogen and oxygen atoms in total. The monoisotopic (exact) mass is 493 g/mol. The van der Waals surface area contributed by atoms with Crippen molar-refractivity contribution < 1.29 is 18.0 Å². The van der Waals surface area contributed by atoms with Crippen molar-refractivity contribution in [3.63, 3.8) is 0 Å². The fraction of sp³-hybridized carbons (Fsp3) is 0.259. The quantitative estimate of drug-likeness (QED) is 0.493. The van der Waals surface area contributed by atoms with E-state index in [9.17, 15) is 18.0 Å². The van der Waals surface area contributed by atoms with Crippen LogP contribution in [0.3, 0.4) is 0 Å². The van der Waals surface area contributed by atoms with Crippen LogP contribution < -0.4 is 9.62 Å². The van der Waals surface area contributed by atoms with Crippen molar-refractivity contribution in [3.8, 4) is 0 Å².